The predicted octanol–water partition coefficient (Wildman–Crippen LogP) is 4.04. The van der Waals surface area contributed by atoms with Crippen molar-refractivity contribution in [2.45, 2.75) is 39.2 Å². The highest BCUT2D eigenvalue weighted by Gasteiger charge is 2.31. The van der Waals surface area contributed by atoms with Crippen LogP contribution in [0.2, 0.25) is 0 Å². The Morgan fingerprint density at radius 1 is 1.22 bits per heavy atom. The Morgan fingerprint density at radius 3 is 2.78 bits per heavy atom. The van der Waals surface area contributed by atoms with Crippen molar-refractivity contribution < 1.29 is 4.79 Å². The van der Waals surface area contributed by atoms with Crippen LogP contribution in [0.4, 0.5) is 10.5 Å². The number of hydrogen-bond donors (Lipinski definition) is 1. The van der Waals surface area contributed by atoms with Gasteiger partial charge in [0.15, 0.2) is 5.65 Å². The molecule has 3 heterocycles. The fraction of sp³-hybridized carbons (Fsp3) is 0.381. The molecule has 0 saturated carbocycles. The molecule has 3 aromatic rings. The maximum atomic E-state index is 12.6. The molecule has 2 aromatic heterocycles. The van der Waals surface area contributed by atoms with Gasteiger partial charge in [-0.05, 0) is 49.6 Å². The van der Waals surface area contributed by atoms with Gasteiger partial charge in [-0.25, -0.2) is 14.8 Å². The molecule has 0 spiro atoms. The van der Waals surface area contributed by atoms with Crippen molar-refractivity contribution in [1.29, 1.82) is 0 Å². The van der Waals surface area contributed by atoms with Gasteiger partial charge in [0.05, 0.1) is 0 Å². The van der Waals surface area contributed by atoms with Crippen LogP contribution in [-0.2, 0) is 13.0 Å². The van der Waals surface area contributed by atoms with Gasteiger partial charge in [-0.3, -0.25) is 0 Å². The highest BCUT2D eigenvalue weighted by molar-refractivity contribution is 5.89. The molecule has 2 amide bonds. The summed E-state index contributed by atoms with van der Waals surface area (Å²) in [5.74, 6) is 1.28. The number of fused-ring (bicyclic) bond motifs is 1. The third-order valence-corrected chi connectivity index (χ3v) is 5.30. The van der Waals surface area contributed by atoms with E-state index in [-0.39, 0.29) is 11.9 Å². The lowest BCUT2D eigenvalue weighted by Crippen LogP contribution is -2.33. The molecule has 0 unspecified atom stereocenters. The summed E-state index contributed by atoms with van der Waals surface area (Å²) in [5, 5.41) is 3.01. The van der Waals surface area contributed by atoms with Crippen LogP contribution >= 0.6 is 0 Å². The number of amides is 2. The highest BCUT2D eigenvalue weighted by atomic mass is 16.2. The Bertz CT molecular complexity index is 947. The third kappa shape index (κ3) is 3.39. The lowest BCUT2D eigenvalue weighted by Gasteiger charge is -2.18. The fourth-order valence-corrected chi connectivity index (χ4v) is 3.78. The molecule has 6 nitrogen and oxygen atoms in total. The zero-order valence-corrected chi connectivity index (χ0v) is 15.9. The second-order valence-electron chi connectivity index (χ2n) is 6.97. The number of hydrogen-bond acceptors (Lipinski definition) is 3. The fourth-order valence-electron chi connectivity index (χ4n) is 3.78. The normalized spacial score (nSPS) is 16.8. The number of carbonyl (C=O) groups is 1. The summed E-state index contributed by atoms with van der Waals surface area (Å²) in [6, 6.07) is 11.9. The number of benzene rings is 1. The molecule has 1 saturated heterocycles. The van der Waals surface area contributed by atoms with Crippen LogP contribution in [-0.4, -0.2) is 38.6 Å². The van der Waals surface area contributed by atoms with Crippen LogP contribution in [0.3, 0.4) is 0 Å². The number of carbonyl (C=O) groups excluding carboxylic acids is 1. The Morgan fingerprint density at radius 2 is 2.04 bits per heavy atom. The summed E-state index contributed by atoms with van der Waals surface area (Å²) >= 11 is 0. The van der Waals surface area contributed by atoms with E-state index in [1.165, 1.54) is 5.56 Å². The number of nitrogens with one attached hydrogen (secondary N) is 1. The Balaban J connectivity index is 1.47. The maximum Gasteiger partial charge on any atom is 0.321 e. The van der Waals surface area contributed by atoms with Crippen LogP contribution in [0.15, 0.2) is 42.6 Å². The second kappa shape index (κ2) is 7.39. The van der Waals surface area contributed by atoms with Gasteiger partial charge in [0.1, 0.15) is 11.3 Å². The summed E-state index contributed by atoms with van der Waals surface area (Å²) in [7, 11) is 0. The molecule has 0 radical (unpaired) electrons. The van der Waals surface area contributed by atoms with Crippen LogP contribution in [0.25, 0.3) is 11.2 Å². The molecule has 27 heavy (non-hydrogen) atoms. The van der Waals surface area contributed by atoms with Crippen LogP contribution in [0, 0.1) is 0 Å². The molecule has 1 N–H and O–H groups in total. The van der Waals surface area contributed by atoms with Crippen molar-refractivity contribution in [3.05, 3.63) is 54.0 Å². The maximum absolute atomic E-state index is 12.6. The van der Waals surface area contributed by atoms with E-state index in [1.54, 1.807) is 6.20 Å². The van der Waals surface area contributed by atoms with Gasteiger partial charge in [-0.2, -0.15) is 0 Å². The van der Waals surface area contributed by atoms with E-state index < -0.39 is 0 Å². The van der Waals surface area contributed by atoms with Gasteiger partial charge in [-0.15, -0.1) is 0 Å². The predicted molar refractivity (Wildman–Crippen MR) is 107 cm³/mol. The minimum absolute atomic E-state index is 0.0426. The quantitative estimate of drug-likeness (QED) is 0.761. The van der Waals surface area contributed by atoms with Crippen LogP contribution in [0.1, 0.15) is 37.6 Å². The third-order valence-electron chi connectivity index (χ3n) is 5.30. The first-order valence-electron chi connectivity index (χ1n) is 9.65. The number of nitrogens with zero attached hydrogens (tertiary/aromatic N) is 4. The zero-order valence-electron chi connectivity index (χ0n) is 15.9. The first-order chi connectivity index (χ1) is 13.2. The molecular formula is C21H25N5O. The molecule has 4 rings (SSSR count). The van der Waals surface area contributed by atoms with Crippen LogP contribution < -0.4 is 5.32 Å². The Kier molecular flexibility index (Phi) is 4.79. The van der Waals surface area contributed by atoms with Gasteiger partial charge >= 0.3 is 6.03 Å². The summed E-state index contributed by atoms with van der Waals surface area (Å²) in [4.78, 5) is 23.8. The van der Waals surface area contributed by atoms with Crippen molar-refractivity contribution in [1.82, 2.24) is 19.4 Å². The number of likely N-dealkylation sites (tertiary alicyclic amines) is 1. The van der Waals surface area contributed by atoms with Crippen molar-refractivity contribution in [3.63, 3.8) is 0 Å². The molecule has 1 fully saturated rings. The summed E-state index contributed by atoms with van der Waals surface area (Å²) in [5.41, 5.74) is 3.95. The van der Waals surface area contributed by atoms with E-state index in [2.05, 4.69) is 40.8 Å². The Hall–Kier alpha value is -2.89. The molecule has 140 valence electrons. The average molecular weight is 363 g/mol. The molecule has 0 aliphatic carbocycles. The van der Waals surface area contributed by atoms with E-state index in [4.69, 9.17) is 4.98 Å². The van der Waals surface area contributed by atoms with E-state index in [0.29, 0.717) is 6.54 Å². The van der Waals surface area contributed by atoms with Gasteiger partial charge in [-0.1, -0.05) is 19.1 Å². The van der Waals surface area contributed by atoms with Gasteiger partial charge < -0.3 is 14.8 Å². The van der Waals surface area contributed by atoms with Gasteiger partial charge in [0, 0.05) is 37.4 Å². The molecule has 0 bridgehead atoms. The number of aryl methyl sites for hydroxylation is 2. The van der Waals surface area contributed by atoms with E-state index in [1.807, 2.05) is 29.2 Å². The van der Waals surface area contributed by atoms with E-state index in [9.17, 15) is 4.79 Å². The number of urea groups is 1. The molecule has 1 atom stereocenters. The first kappa shape index (κ1) is 17.5. The smallest absolute Gasteiger partial charge is 0.321 e. The summed E-state index contributed by atoms with van der Waals surface area (Å²) in [6.45, 7) is 6.48. The standard InChI is InChI=1S/C21H25N5O/c1-3-15-7-9-17(10-8-15)23-21(27)25-13-11-16(14-25)19-24-18-6-5-12-22-20(18)26(19)4-2/h5-10,12,16H,3-4,11,13-14H2,1-2H3,(H,23,27)/t16-/m1/s1. The van der Waals surface area contributed by atoms with Gasteiger partial charge in [0.2, 0.25) is 0 Å². The van der Waals surface area contributed by atoms with Crippen LogP contribution in [0.5, 0.6) is 0 Å². The van der Waals surface area contributed by atoms with E-state index in [0.717, 1.165) is 48.6 Å². The minimum Gasteiger partial charge on any atom is -0.324 e. The largest absolute Gasteiger partial charge is 0.324 e. The molecule has 1 aliphatic heterocycles. The van der Waals surface area contributed by atoms with Crippen molar-refractivity contribution in [2.75, 3.05) is 18.4 Å². The summed E-state index contributed by atoms with van der Waals surface area (Å²) in [6.07, 6.45) is 3.72. The molecular weight excluding hydrogens is 338 g/mol. The molecule has 1 aromatic carbocycles. The average Bonchev–Trinajstić information content (AvgIpc) is 3.33. The number of anilines is 1. The topological polar surface area (TPSA) is 63.1 Å². The highest BCUT2D eigenvalue weighted by Crippen LogP contribution is 2.29. The number of aromatic nitrogens is 3. The van der Waals surface area contributed by atoms with Crippen molar-refractivity contribution in [3.8, 4) is 0 Å². The lowest BCUT2D eigenvalue weighted by molar-refractivity contribution is 0.222. The zero-order chi connectivity index (χ0) is 18.8. The number of imidazole rings is 1. The van der Waals surface area contributed by atoms with E-state index >= 15 is 0 Å². The minimum atomic E-state index is -0.0426. The molecule has 6 heteroatoms. The second-order valence-corrected chi connectivity index (χ2v) is 6.97. The van der Waals surface area contributed by atoms with Gasteiger partial charge in [0.25, 0.3) is 0 Å². The SMILES string of the molecule is CCc1ccc(NC(=O)N2CC[C@@H](c3nc4cccnc4n3CC)C2)cc1. The molecule has 1 aliphatic rings. The first-order valence-corrected chi connectivity index (χ1v) is 9.65. The lowest BCUT2D eigenvalue weighted by atomic mass is 10.1. The Labute approximate surface area is 159 Å². The number of rotatable bonds is 4. The summed E-state index contributed by atoms with van der Waals surface area (Å²) < 4.78 is 2.17. The van der Waals surface area contributed by atoms with Crippen molar-refractivity contribution in [2.24, 2.45) is 0 Å². The number of pyridine rings is 1. The van der Waals surface area contributed by atoms with Crippen molar-refractivity contribution >= 4 is 22.9 Å². The monoisotopic (exact) mass is 363 g/mol.